The summed E-state index contributed by atoms with van der Waals surface area (Å²) in [6, 6.07) is 4.60. The number of aliphatic carboxylic acids is 1. The number of rotatable bonds is 2. The summed E-state index contributed by atoms with van der Waals surface area (Å²) in [4.78, 5) is 11.4. The Kier molecular flexibility index (Phi) is 3.02. The molecule has 2 rings (SSSR count). The molecule has 1 aromatic carbocycles. The van der Waals surface area contributed by atoms with Crippen LogP contribution in [0.4, 0.5) is 4.39 Å². The highest BCUT2D eigenvalue weighted by Crippen LogP contribution is 2.44. The van der Waals surface area contributed by atoms with Gasteiger partial charge in [0.2, 0.25) is 0 Å². The van der Waals surface area contributed by atoms with E-state index in [9.17, 15) is 14.3 Å². The van der Waals surface area contributed by atoms with Crippen LogP contribution >= 0.6 is 15.9 Å². The van der Waals surface area contributed by atoms with Gasteiger partial charge in [0, 0.05) is 0 Å². The van der Waals surface area contributed by atoms with E-state index in [1.165, 1.54) is 6.07 Å². The molecule has 0 radical (unpaired) electrons. The Bertz CT molecular complexity index is 425. The molecule has 4 heteroatoms. The average Bonchev–Trinajstić information content (AvgIpc) is 2.72. The minimum absolute atomic E-state index is 0.291. The van der Waals surface area contributed by atoms with Gasteiger partial charge in [0.15, 0.2) is 0 Å². The van der Waals surface area contributed by atoms with E-state index in [4.69, 9.17) is 0 Å². The molecule has 0 atom stereocenters. The second-order valence-corrected chi connectivity index (χ2v) is 4.99. The third kappa shape index (κ3) is 1.65. The second-order valence-electron chi connectivity index (χ2n) is 4.20. The first-order valence-corrected chi connectivity index (χ1v) is 6.05. The zero-order valence-corrected chi connectivity index (χ0v) is 10.3. The van der Waals surface area contributed by atoms with E-state index in [1.54, 1.807) is 12.1 Å². The summed E-state index contributed by atoms with van der Waals surface area (Å²) in [5.41, 5.74) is -0.335. The molecule has 1 aromatic rings. The zero-order valence-electron chi connectivity index (χ0n) is 8.67. The normalized spacial score (nSPS) is 18.6. The Balaban J connectivity index is 2.56. The SMILES string of the molecule is O=C(O)C1(c2cccc(F)c2Br)CCCC1. The van der Waals surface area contributed by atoms with E-state index in [0.29, 0.717) is 22.9 Å². The number of benzene rings is 1. The van der Waals surface area contributed by atoms with Crippen molar-refractivity contribution in [2.75, 3.05) is 0 Å². The van der Waals surface area contributed by atoms with Gasteiger partial charge in [-0.2, -0.15) is 0 Å². The van der Waals surface area contributed by atoms with Crippen LogP contribution < -0.4 is 0 Å². The van der Waals surface area contributed by atoms with Crippen LogP contribution in [0.2, 0.25) is 0 Å². The Labute approximate surface area is 102 Å². The number of halogens is 2. The summed E-state index contributed by atoms with van der Waals surface area (Å²) < 4.78 is 13.7. The van der Waals surface area contributed by atoms with Crippen molar-refractivity contribution >= 4 is 21.9 Å². The van der Waals surface area contributed by atoms with E-state index in [2.05, 4.69) is 15.9 Å². The van der Waals surface area contributed by atoms with Crippen molar-refractivity contribution in [1.82, 2.24) is 0 Å². The molecule has 1 saturated carbocycles. The fourth-order valence-electron chi connectivity index (χ4n) is 2.45. The minimum atomic E-state index is -0.902. The Morgan fingerprint density at radius 2 is 2.00 bits per heavy atom. The van der Waals surface area contributed by atoms with Crippen molar-refractivity contribution in [1.29, 1.82) is 0 Å². The molecule has 0 unspecified atom stereocenters. The zero-order chi connectivity index (χ0) is 11.8. The highest BCUT2D eigenvalue weighted by molar-refractivity contribution is 9.10. The molecular formula is C12H12BrFO2. The fraction of sp³-hybridized carbons (Fsp3) is 0.417. The molecule has 0 saturated heterocycles. The van der Waals surface area contributed by atoms with Crippen molar-refractivity contribution in [2.45, 2.75) is 31.1 Å². The highest BCUT2D eigenvalue weighted by Gasteiger charge is 2.44. The fourth-order valence-corrected chi connectivity index (χ4v) is 3.09. The lowest BCUT2D eigenvalue weighted by Gasteiger charge is -2.25. The smallest absolute Gasteiger partial charge is 0.314 e. The summed E-state index contributed by atoms with van der Waals surface area (Å²) >= 11 is 3.16. The van der Waals surface area contributed by atoms with Gasteiger partial charge in [0.25, 0.3) is 0 Å². The molecule has 0 bridgehead atoms. The van der Waals surface area contributed by atoms with E-state index < -0.39 is 17.2 Å². The van der Waals surface area contributed by atoms with Crippen LogP contribution in [-0.2, 0) is 10.2 Å². The van der Waals surface area contributed by atoms with Gasteiger partial charge in [0.1, 0.15) is 5.82 Å². The lowest BCUT2D eigenvalue weighted by Crippen LogP contribution is -2.33. The lowest BCUT2D eigenvalue weighted by molar-refractivity contribution is -0.143. The maximum absolute atomic E-state index is 13.4. The van der Waals surface area contributed by atoms with Crippen LogP contribution in [0.3, 0.4) is 0 Å². The summed E-state index contributed by atoms with van der Waals surface area (Å²) in [5.74, 6) is -1.25. The summed E-state index contributed by atoms with van der Waals surface area (Å²) in [6.07, 6.45) is 2.94. The molecule has 0 aromatic heterocycles. The number of carboxylic acids is 1. The maximum Gasteiger partial charge on any atom is 0.314 e. The summed E-state index contributed by atoms with van der Waals surface area (Å²) in [7, 11) is 0. The van der Waals surface area contributed by atoms with Gasteiger partial charge in [-0.3, -0.25) is 4.79 Å². The van der Waals surface area contributed by atoms with Gasteiger partial charge < -0.3 is 5.11 Å². The molecule has 0 heterocycles. The monoisotopic (exact) mass is 286 g/mol. The quantitative estimate of drug-likeness (QED) is 0.904. The average molecular weight is 287 g/mol. The molecule has 0 spiro atoms. The van der Waals surface area contributed by atoms with Gasteiger partial charge in [-0.1, -0.05) is 25.0 Å². The first-order valence-electron chi connectivity index (χ1n) is 5.26. The van der Waals surface area contributed by atoms with Crippen LogP contribution in [-0.4, -0.2) is 11.1 Å². The van der Waals surface area contributed by atoms with Gasteiger partial charge in [-0.25, -0.2) is 4.39 Å². The van der Waals surface area contributed by atoms with Crippen molar-refractivity contribution < 1.29 is 14.3 Å². The largest absolute Gasteiger partial charge is 0.481 e. The van der Waals surface area contributed by atoms with Crippen molar-refractivity contribution in [3.63, 3.8) is 0 Å². The molecule has 1 aliphatic rings. The van der Waals surface area contributed by atoms with Crippen LogP contribution in [0.5, 0.6) is 0 Å². The number of hydrogen-bond donors (Lipinski definition) is 1. The molecule has 1 N–H and O–H groups in total. The van der Waals surface area contributed by atoms with Crippen molar-refractivity contribution in [3.8, 4) is 0 Å². The summed E-state index contributed by atoms with van der Waals surface area (Å²) in [6.45, 7) is 0. The number of carboxylic acid groups (broad SMARTS) is 1. The third-order valence-corrected chi connectivity index (χ3v) is 4.14. The van der Waals surface area contributed by atoms with E-state index in [1.807, 2.05) is 0 Å². The van der Waals surface area contributed by atoms with E-state index >= 15 is 0 Å². The highest BCUT2D eigenvalue weighted by atomic mass is 79.9. The van der Waals surface area contributed by atoms with E-state index in [-0.39, 0.29) is 0 Å². The Morgan fingerprint density at radius 1 is 1.38 bits per heavy atom. The van der Waals surface area contributed by atoms with Crippen molar-refractivity contribution in [3.05, 3.63) is 34.1 Å². The van der Waals surface area contributed by atoms with Gasteiger partial charge in [0.05, 0.1) is 9.89 Å². The summed E-state index contributed by atoms with van der Waals surface area (Å²) in [5, 5.41) is 9.39. The van der Waals surface area contributed by atoms with Crippen molar-refractivity contribution in [2.24, 2.45) is 0 Å². The second kappa shape index (κ2) is 4.17. The molecule has 16 heavy (non-hydrogen) atoms. The van der Waals surface area contributed by atoms with Gasteiger partial charge in [-0.05, 0) is 40.4 Å². The molecule has 0 amide bonds. The van der Waals surface area contributed by atoms with Crippen LogP contribution in [0.1, 0.15) is 31.2 Å². The maximum atomic E-state index is 13.4. The standard InChI is InChI=1S/C12H12BrFO2/c13-10-8(4-3-5-9(10)14)12(11(15)16)6-1-2-7-12/h3-5H,1-2,6-7H2,(H,15,16). The topological polar surface area (TPSA) is 37.3 Å². The van der Waals surface area contributed by atoms with E-state index in [0.717, 1.165) is 12.8 Å². The predicted octanol–water partition coefficient (Wildman–Crippen LogP) is 3.48. The molecule has 1 aliphatic carbocycles. The first kappa shape index (κ1) is 11.6. The number of hydrogen-bond acceptors (Lipinski definition) is 1. The third-order valence-electron chi connectivity index (χ3n) is 3.33. The van der Waals surface area contributed by atoms with Crippen LogP contribution in [0, 0.1) is 5.82 Å². The molecule has 2 nitrogen and oxygen atoms in total. The Hall–Kier alpha value is -0.900. The lowest BCUT2D eigenvalue weighted by atomic mass is 9.79. The molecular weight excluding hydrogens is 275 g/mol. The van der Waals surface area contributed by atoms with Gasteiger partial charge in [-0.15, -0.1) is 0 Å². The molecule has 0 aliphatic heterocycles. The van der Waals surface area contributed by atoms with Crippen LogP contribution in [0.15, 0.2) is 22.7 Å². The van der Waals surface area contributed by atoms with Gasteiger partial charge >= 0.3 is 5.97 Å². The Morgan fingerprint density at radius 3 is 2.56 bits per heavy atom. The minimum Gasteiger partial charge on any atom is -0.481 e. The first-order chi connectivity index (χ1) is 7.58. The van der Waals surface area contributed by atoms with Crippen LogP contribution in [0.25, 0.3) is 0 Å². The molecule has 86 valence electrons. The number of carbonyl (C=O) groups is 1. The predicted molar refractivity (Wildman–Crippen MR) is 61.9 cm³/mol. The molecule has 1 fully saturated rings.